The summed E-state index contributed by atoms with van der Waals surface area (Å²) in [5.74, 6) is 1.10. The number of halogens is 1. The minimum absolute atomic E-state index is 0.254. The Kier molecular flexibility index (Phi) is 4.31. The number of rotatable bonds is 4. The molecule has 1 N–H and O–H groups in total. The summed E-state index contributed by atoms with van der Waals surface area (Å²) in [5, 5.41) is 9.04. The summed E-state index contributed by atoms with van der Waals surface area (Å²) >= 11 is 4.71. The van der Waals surface area contributed by atoms with E-state index in [2.05, 4.69) is 20.9 Å². The van der Waals surface area contributed by atoms with Crippen LogP contribution in [-0.4, -0.2) is 16.1 Å². The zero-order valence-electron chi connectivity index (χ0n) is 10.4. The zero-order chi connectivity index (χ0) is 14.0. The molecule has 0 amide bonds. The van der Waals surface area contributed by atoms with Gasteiger partial charge in [0.25, 0.3) is 0 Å². The predicted octanol–water partition coefficient (Wildman–Crippen LogP) is 4.04. The van der Waals surface area contributed by atoms with Crippen molar-refractivity contribution in [1.29, 1.82) is 0 Å². The van der Waals surface area contributed by atoms with Gasteiger partial charge >= 0.3 is 5.97 Å². The molecule has 0 aliphatic carbocycles. The van der Waals surface area contributed by atoms with Crippen LogP contribution >= 0.6 is 27.7 Å². The molecule has 0 spiro atoms. The van der Waals surface area contributed by atoms with Crippen LogP contribution in [0.4, 0.5) is 0 Å². The van der Waals surface area contributed by atoms with Gasteiger partial charge in [-0.05, 0) is 48.0 Å². The van der Waals surface area contributed by atoms with E-state index in [1.807, 2.05) is 19.9 Å². The number of benzene rings is 1. The largest absolute Gasteiger partial charge is 0.478 e. The average Bonchev–Trinajstić information content (AvgIpc) is 2.67. The Labute approximate surface area is 123 Å². The molecule has 0 bridgehead atoms. The summed E-state index contributed by atoms with van der Waals surface area (Å²) in [6, 6.07) is 5.24. The molecule has 100 valence electrons. The molecule has 4 nitrogen and oxygen atoms in total. The Morgan fingerprint density at radius 2 is 2.21 bits per heavy atom. The van der Waals surface area contributed by atoms with Crippen LogP contribution in [0.15, 0.2) is 32.0 Å². The maximum atomic E-state index is 11.0. The molecule has 6 heteroatoms. The maximum Gasteiger partial charge on any atom is 0.336 e. The monoisotopic (exact) mass is 341 g/mol. The van der Waals surface area contributed by atoms with Gasteiger partial charge in [-0.25, -0.2) is 9.78 Å². The smallest absolute Gasteiger partial charge is 0.336 e. The highest BCUT2D eigenvalue weighted by Gasteiger charge is 2.11. The van der Waals surface area contributed by atoms with Crippen LogP contribution in [-0.2, 0) is 5.75 Å². The quantitative estimate of drug-likeness (QED) is 0.850. The van der Waals surface area contributed by atoms with Gasteiger partial charge in [0.1, 0.15) is 5.76 Å². The van der Waals surface area contributed by atoms with Gasteiger partial charge in [-0.3, -0.25) is 0 Å². The van der Waals surface area contributed by atoms with Gasteiger partial charge < -0.3 is 9.52 Å². The SMILES string of the molecule is Cc1nc(CSc2ccc(Br)c(C(=O)O)c2)oc1C. The summed E-state index contributed by atoms with van der Waals surface area (Å²) < 4.78 is 6.06. The molecule has 0 saturated carbocycles. The number of nitrogens with zero attached hydrogens (tertiary/aromatic N) is 1. The fourth-order valence-corrected chi connectivity index (χ4v) is 2.70. The maximum absolute atomic E-state index is 11.0. The number of carboxylic acid groups (broad SMARTS) is 1. The van der Waals surface area contributed by atoms with Gasteiger partial charge in [-0.2, -0.15) is 0 Å². The van der Waals surface area contributed by atoms with Crippen molar-refractivity contribution >= 4 is 33.7 Å². The lowest BCUT2D eigenvalue weighted by molar-refractivity contribution is 0.0695. The molecule has 0 aliphatic heterocycles. The number of aromatic nitrogens is 1. The molecular weight excluding hydrogens is 330 g/mol. The molecule has 0 aliphatic rings. The molecule has 1 heterocycles. The van der Waals surface area contributed by atoms with Gasteiger partial charge in [0.2, 0.25) is 5.89 Å². The Morgan fingerprint density at radius 1 is 1.47 bits per heavy atom. The predicted molar refractivity (Wildman–Crippen MR) is 76.6 cm³/mol. The average molecular weight is 342 g/mol. The van der Waals surface area contributed by atoms with Gasteiger partial charge in [0.15, 0.2) is 0 Å². The number of carbonyl (C=O) groups is 1. The zero-order valence-corrected chi connectivity index (χ0v) is 12.8. The van der Waals surface area contributed by atoms with Crippen LogP contribution in [0.3, 0.4) is 0 Å². The number of aromatic carboxylic acids is 1. The van der Waals surface area contributed by atoms with Crippen molar-refractivity contribution in [3.63, 3.8) is 0 Å². The second kappa shape index (κ2) is 5.79. The van der Waals surface area contributed by atoms with E-state index in [1.54, 1.807) is 12.1 Å². The lowest BCUT2D eigenvalue weighted by Gasteiger charge is -2.03. The number of hydrogen-bond acceptors (Lipinski definition) is 4. The number of thioether (sulfide) groups is 1. The standard InChI is InChI=1S/C13H12BrNO3S/c1-7-8(2)18-12(15-7)6-19-9-3-4-11(14)10(5-9)13(16)17/h3-5H,6H2,1-2H3,(H,16,17). The minimum Gasteiger partial charge on any atom is -0.478 e. The molecule has 2 rings (SSSR count). The first-order valence-corrected chi connectivity index (χ1v) is 7.34. The molecule has 0 unspecified atom stereocenters. The molecule has 0 radical (unpaired) electrons. The number of oxazole rings is 1. The lowest BCUT2D eigenvalue weighted by Crippen LogP contribution is -1.97. The minimum atomic E-state index is -0.947. The van der Waals surface area contributed by atoms with Crippen LogP contribution in [0.1, 0.15) is 27.7 Å². The van der Waals surface area contributed by atoms with E-state index < -0.39 is 5.97 Å². The van der Waals surface area contributed by atoms with E-state index in [4.69, 9.17) is 9.52 Å². The van der Waals surface area contributed by atoms with Crippen molar-refractivity contribution in [2.24, 2.45) is 0 Å². The van der Waals surface area contributed by atoms with Crippen LogP contribution in [0, 0.1) is 13.8 Å². The molecule has 0 atom stereocenters. The molecule has 0 saturated heterocycles. The Morgan fingerprint density at radius 3 is 2.79 bits per heavy atom. The summed E-state index contributed by atoms with van der Waals surface area (Å²) in [6.07, 6.45) is 0. The molecular formula is C13H12BrNO3S. The summed E-state index contributed by atoms with van der Waals surface area (Å²) in [4.78, 5) is 16.2. The van der Waals surface area contributed by atoms with Gasteiger partial charge in [0.05, 0.1) is 17.0 Å². The van der Waals surface area contributed by atoms with Crippen molar-refractivity contribution in [2.45, 2.75) is 24.5 Å². The highest BCUT2D eigenvalue weighted by atomic mass is 79.9. The van der Waals surface area contributed by atoms with Crippen molar-refractivity contribution in [2.75, 3.05) is 0 Å². The second-order valence-corrected chi connectivity index (χ2v) is 5.89. The van der Waals surface area contributed by atoms with Crippen molar-refractivity contribution in [1.82, 2.24) is 4.98 Å². The molecule has 1 aromatic carbocycles. The van der Waals surface area contributed by atoms with Crippen LogP contribution < -0.4 is 0 Å². The van der Waals surface area contributed by atoms with E-state index in [1.165, 1.54) is 11.8 Å². The lowest BCUT2D eigenvalue weighted by atomic mass is 10.2. The molecule has 1 aromatic heterocycles. The number of aryl methyl sites for hydroxylation is 2. The van der Waals surface area contributed by atoms with Crippen LogP contribution in [0.5, 0.6) is 0 Å². The molecule has 0 fully saturated rings. The first-order chi connectivity index (χ1) is 8.97. The third-order valence-electron chi connectivity index (χ3n) is 2.60. The number of hydrogen-bond donors (Lipinski definition) is 1. The van der Waals surface area contributed by atoms with Crippen molar-refractivity contribution in [3.8, 4) is 0 Å². The van der Waals surface area contributed by atoms with E-state index in [0.717, 1.165) is 16.3 Å². The van der Waals surface area contributed by atoms with E-state index in [0.29, 0.717) is 16.1 Å². The first kappa shape index (κ1) is 14.1. The fraction of sp³-hybridized carbons (Fsp3) is 0.231. The highest BCUT2D eigenvalue weighted by molar-refractivity contribution is 9.10. The summed E-state index contributed by atoms with van der Waals surface area (Å²) in [6.45, 7) is 3.77. The summed E-state index contributed by atoms with van der Waals surface area (Å²) in [5.41, 5.74) is 1.14. The molecule has 2 aromatic rings. The summed E-state index contributed by atoms with van der Waals surface area (Å²) in [7, 11) is 0. The van der Waals surface area contributed by atoms with Gasteiger partial charge in [-0.1, -0.05) is 0 Å². The topological polar surface area (TPSA) is 63.3 Å². The van der Waals surface area contributed by atoms with E-state index in [9.17, 15) is 4.79 Å². The third-order valence-corrected chi connectivity index (χ3v) is 4.27. The van der Waals surface area contributed by atoms with Crippen LogP contribution in [0.2, 0.25) is 0 Å². The van der Waals surface area contributed by atoms with Crippen LogP contribution in [0.25, 0.3) is 0 Å². The third kappa shape index (κ3) is 3.39. The Balaban J connectivity index is 2.11. The van der Waals surface area contributed by atoms with E-state index in [-0.39, 0.29) is 5.56 Å². The second-order valence-electron chi connectivity index (χ2n) is 3.98. The Bertz CT molecular complexity index is 605. The normalized spacial score (nSPS) is 10.7. The highest BCUT2D eigenvalue weighted by Crippen LogP contribution is 2.27. The first-order valence-electron chi connectivity index (χ1n) is 5.56. The van der Waals surface area contributed by atoms with Crippen molar-refractivity contribution in [3.05, 3.63) is 45.6 Å². The van der Waals surface area contributed by atoms with Gasteiger partial charge in [-0.15, -0.1) is 11.8 Å². The van der Waals surface area contributed by atoms with E-state index >= 15 is 0 Å². The molecule has 19 heavy (non-hydrogen) atoms. The Hall–Kier alpha value is -1.27. The van der Waals surface area contributed by atoms with Crippen molar-refractivity contribution < 1.29 is 14.3 Å². The van der Waals surface area contributed by atoms with Gasteiger partial charge in [0, 0.05) is 9.37 Å². The number of carboxylic acids is 1. The fourth-order valence-electron chi connectivity index (χ4n) is 1.50.